The van der Waals surface area contributed by atoms with Crippen LogP contribution < -0.4 is 10.1 Å². The van der Waals surface area contributed by atoms with E-state index in [1.165, 1.54) is 18.3 Å². The van der Waals surface area contributed by atoms with Crippen molar-refractivity contribution in [2.75, 3.05) is 6.79 Å². The van der Waals surface area contributed by atoms with Gasteiger partial charge in [0, 0.05) is 29.4 Å². The molecule has 0 bridgehead atoms. The molecule has 136 valence electrons. The second-order valence-corrected chi connectivity index (χ2v) is 6.14. The van der Waals surface area contributed by atoms with E-state index < -0.39 is 0 Å². The third kappa shape index (κ3) is 3.80. The molecular weight excluding hydrogens is 347 g/mol. The van der Waals surface area contributed by atoms with E-state index in [2.05, 4.69) is 10.3 Å². The summed E-state index contributed by atoms with van der Waals surface area (Å²) in [6.45, 7) is 0.558. The van der Waals surface area contributed by atoms with Crippen molar-refractivity contribution in [3.8, 4) is 17.0 Å². The topological polar surface area (TPSA) is 60.5 Å². The van der Waals surface area contributed by atoms with Crippen LogP contribution in [0.5, 0.6) is 5.75 Å². The maximum atomic E-state index is 13.8. The fourth-order valence-corrected chi connectivity index (χ4v) is 2.97. The summed E-state index contributed by atoms with van der Waals surface area (Å²) < 4.78 is 24.4. The van der Waals surface area contributed by atoms with Gasteiger partial charge in [-0.25, -0.2) is 4.39 Å². The number of carbonyl (C=O) groups excluding carboxylic acids is 1. The van der Waals surface area contributed by atoms with Crippen molar-refractivity contribution in [3.63, 3.8) is 0 Å². The molecule has 6 heteroatoms. The van der Waals surface area contributed by atoms with E-state index in [0.717, 1.165) is 11.3 Å². The Morgan fingerprint density at radius 1 is 1.15 bits per heavy atom. The van der Waals surface area contributed by atoms with Crippen molar-refractivity contribution in [2.24, 2.45) is 0 Å². The third-order valence-corrected chi connectivity index (χ3v) is 4.29. The van der Waals surface area contributed by atoms with Gasteiger partial charge in [-0.05, 0) is 24.3 Å². The minimum atomic E-state index is -0.388. The summed E-state index contributed by atoms with van der Waals surface area (Å²) in [6, 6.07) is 16.0. The molecule has 27 heavy (non-hydrogen) atoms. The molecule has 4 rings (SSSR count). The minimum Gasteiger partial charge on any atom is -0.467 e. The van der Waals surface area contributed by atoms with Crippen LogP contribution in [0.2, 0.25) is 0 Å². The van der Waals surface area contributed by atoms with Crippen LogP contribution in [0.4, 0.5) is 4.39 Å². The van der Waals surface area contributed by atoms with Gasteiger partial charge in [-0.15, -0.1) is 0 Å². The lowest BCUT2D eigenvalue weighted by molar-refractivity contribution is -0.0173. The van der Waals surface area contributed by atoms with Crippen molar-refractivity contribution < 1.29 is 18.7 Å². The molecule has 0 spiro atoms. The Kier molecular flexibility index (Phi) is 4.80. The van der Waals surface area contributed by atoms with E-state index >= 15 is 0 Å². The van der Waals surface area contributed by atoms with Gasteiger partial charge in [0.1, 0.15) is 11.6 Å². The predicted octanol–water partition coefficient (Wildman–Crippen LogP) is 3.68. The SMILES string of the molecule is O=C(NCc1cc(F)cc2c1OCOC2)c1ccc(-c2ccccc2)nc1. The van der Waals surface area contributed by atoms with Gasteiger partial charge in [0.05, 0.1) is 17.9 Å². The summed E-state index contributed by atoms with van der Waals surface area (Å²) in [6.07, 6.45) is 1.53. The zero-order valence-electron chi connectivity index (χ0n) is 14.4. The first kappa shape index (κ1) is 17.2. The zero-order valence-corrected chi connectivity index (χ0v) is 14.4. The average molecular weight is 364 g/mol. The Morgan fingerprint density at radius 3 is 2.78 bits per heavy atom. The van der Waals surface area contributed by atoms with Crippen LogP contribution in [0, 0.1) is 5.82 Å². The van der Waals surface area contributed by atoms with Gasteiger partial charge < -0.3 is 14.8 Å². The molecule has 0 radical (unpaired) electrons. The molecule has 1 N–H and O–H groups in total. The lowest BCUT2D eigenvalue weighted by Gasteiger charge is -2.21. The molecule has 3 aromatic rings. The maximum Gasteiger partial charge on any atom is 0.253 e. The molecule has 0 saturated carbocycles. The second-order valence-electron chi connectivity index (χ2n) is 6.14. The number of halogens is 1. The molecule has 2 heterocycles. The van der Waals surface area contributed by atoms with E-state index in [9.17, 15) is 9.18 Å². The first-order valence-corrected chi connectivity index (χ1v) is 8.52. The standard InChI is InChI=1S/C21H17FN2O3/c22-18-8-16(20-17(9-18)12-26-13-27-20)11-24-21(25)15-6-7-19(23-10-15)14-4-2-1-3-5-14/h1-10H,11-13H2,(H,24,25). The van der Waals surface area contributed by atoms with Crippen molar-refractivity contribution in [1.82, 2.24) is 10.3 Å². The molecule has 0 aliphatic carbocycles. The van der Waals surface area contributed by atoms with Gasteiger partial charge in [-0.3, -0.25) is 9.78 Å². The van der Waals surface area contributed by atoms with Crippen LogP contribution in [-0.4, -0.2) is 17.7 Å². The highest BCUT2D eigenvalue weighted by molar-refractivity contribution is 5.94. The van der Waals surface area contributed by atoms with Crippen molar-refractivity contribution in [2.45, 2.75) is 13.2 Å². The van der Waals surface area contributed by atoms with Crippen LogP contribution in [-0.2, 0) is 17.9 Å². The number of aromatic nitrogens is 1. The summed E-state index contributed by atoms with van der Waals surface area (Å²) in [4.78, 5) is 16.8. The lowest BCUT2D eigenvalue weighted by Crippen LogP contribution is -2.24. The van der Waals surface area contributed by atoms with Gasteiger partial charge in [0.15, 0.2) is 6.79 Å². The number of nitrogens with one attached hydrogen (secondary N) is 1. The highest BCUT2D eigenvalue weighted by Crippen LogP contribution is 2.29. The highest BCUT2D eigenvalue weighted by Gasteiger charge is 2.17. The van der Waals surface area contributed by atoms with Crippen LogP contribution in [0.15, 0.2) is 60.8 Å². The normalized spacial score (nSPS) is 12.8. The van der Waals surface area contributed by atoms with Gasteiger partial charge in [-0.2, -0.15) is 0 Å². The van der Waals surface area contributed by atoms with Crippen molar-refractivity contribution in [3.05, 3.63) is 83.3 Å². The van der Waals surface area contributed by atoms with Crippen LogP contribution >= 0.6 is 0 Å². The first-order chi connectivity index (χ1) is 13.2. The van der Waals surface area contributed by atoms with Crippen molar-refractivity contribution in [1.29, 1.82) is 0 Å². The summed E-state index contributed by atoms with van der Waals surface area (Å²) in [5.74, 6) is -0.103. The molecular formula is C21H17FN2O3. The number of amides is 1. The number of fused-ring (bicyclic) bond motifs is 1. The molecule has 0 saturated heterocycles. The Hall–Kier alpha value is -3.25. The molecule has 1 aromatic heterocycles. The van der Waals surface area contributed by atoms with Crippen LogP contribution in [0.3, 0.4) is 0 Å². The van der Waals surface area contributed by atoms with Gasteiger partial charge in [0.25, 0.3) is 5.91 Å². The summed E-state index contributed by atoms with van der Waals surface area (Å²) >= 11 is 0. The molecule has 1 amide bonds. The van der Waals surface area contributed by atoms with Gasteiger partial charge >= 0.3 is 0 Å². The average Bonchev–Trinajstić information content (AvgIpc) is 2.72. The van der Waals surface area contributed by atoms with E-state index in [0.29, 0.717) is 29.0 Å². The van der Waals surface area contributed by atoms with Crippen LogP contribution in [0.25, 0.3) is 11.3 Å². The highest BCUT2D eigenvalue weighted by atomic mass is 19.1. The zero-order chi connectivity index (χ0) is 18.6. The Labute approximate surface area is 155 Å². The number of pyridine rings is 1. The number of rotatable bonds is 4. The first-order valence-electron chi connectivity index (χ1n) is 8.52. The third-order valence-electron chi connectivity index (χ3n) is 4.29. The smallest absolute Gasteiger partial charge is 0.253 e. The molecule has 2 aromatic carbocycles. The molecule has 1 aliphatic heterocycles. The number of hydrogen-bond acceptors (Lipinski definition) is 4. The molecule has 1 aliphatic rings. The lowest BCUT2D eigenvalue weighted by atomic mass is 10.1. The van der Waals surface area contributed by atoms with Crippen molar-refractivity contribution >= 4 is 5.91 Å². The Morgan fingerprint density at radius 2 is 2.00 bits per heavy atom. The predicted molar refractivity (Wildman–Crippen MR) is 97.5 cm³/mol. The summed E-state index contributed by atoms with van der Waals surface area (Å²) in [7, 11) is 0. The van der Waals surface area contributed by atoms with Gasteiger partial charge in [-0.1, -0.05) is 30.3 Å². The Bertz CT molecular complexity index is 959. The largest absolute Gasteiger partial charge is 0.467 e. The number of ether oxygens (including phenoxy) is 2. The number of benzene rings is 2. The minimum absolute atomic E-state index is 0.116. The summed E-state index contributed by atoms with van der Waals surface area (Å²) in [5, 5.41) is 2.79. The van der Waals surface area contributed by atoms with Gasteiger partial charge in [0.2, 0.25) is 0 Å². The monoisotopic (exact) mass is 364 g/mol. The van der Waals surface area contributed by atoms with Crippen LogP contribution in [0.1, 0.15) is 21.5 Å². The van der Waals surface area contributed by atoms with E-state index in [-0.39, 0.29) is 25.1 Å². The number of hydrogen-bond donors (Lipinski definition) is 1. The number of carbonyl (C=O) groups is 1. The molecule has 0 fully saturated rings. The Balaban J connectivity index is 1.46. The molecule has 0 atom stereocenters. The summed E-state index contributed by atoms with van der Waals surface area (Å²) in [5.41, 5.74) is 3.43. The molecule has 5 nitrogen and oxygen atoms in total. The fourth-order valence-electron chi connectivity index (χ4n) is 2.97. The second kappa shape index (κ2) is 7.55. The molecule has 0 unspecified atom stereocenters. The quantitative estimate of drug-likeness (QED) is 0.767. The van der Waals surface area contributed by atoms with E-state index in [1.54, 1.807) is 12.1 Å². The number of nitrogens with zero attached hydrogens (tertiary/aromatic N) is 1. The maximum absolute atomic E-state index is 13.8. The van der Waals surface area contributed by atoms with E-state index in [4.69, 9.17) is 9.47 Å². The fraction of sp³-hybridized carbons (Fsp3) is 0.143. The van der Waals surface area contributed by atoms with E-state index in [1.807, 2.05) is 30.3 Å².